The van der Waals surface area contributed by atoms with Crippen molar-refractivity contribution in [2.45, 2.75) is 66.0 Å². The topological polar surface area (TPSA) is 38.3 Å². The monoisotopic (exact) mass is 305 g/mol. The first-order valence-corrected chi connectivity index (χ1v) is 8.42. The molecule has 3 nitrogen and oxygen atoms in total. The standard InChI is InChI=1S/C19H31NO2/c1-6-19(21)18(20-15(4)5)13-16-7-9-17(10-8-16)22-12-11-14(2)3/h7-10,14-15,18,20H,6,11-13H2,1-5H3/t18-/m0/s1. The zero-order valence-corrected chi connectivity index (χ0v) is 14.7. The lowest BCUT2D eigenvalue weighted by molar-refractivity contribution is -0.120. The lowest BCUT2D eigenvalue weighted by Crippen LogP contribution is -2.42. The highest BCUT2D eigenvalue weighted by Crippen LogP contribution is 2.15. The lowest BCUT2D eigenvalue weighted by Gasteiger charge is -2.20. The maximum absolute atomic E-state index is 12.0. The zero-order valence-electron chi connectivity index (χ0n) is 14.7. The fourth-order valence-corrected chi connectivity index (χ4v) is 2.28. The lowest BCUT2D eigenvalue weighted by atomic mass is 10.00. The minimum atomic E-state index is -0.0993. The largest absolute Gasteiger partial charge is 0.494 e. The van der Waals surface area contributed by atoms with E-state index in [4.69, 9.17) is 4.74 Å². The van der Waals surface area contributed by atoms with Gasteiger partial charge in [0.25, 0.3) is 0 Å². The third-order valence-corrected chi connectivity index (χ3v) is 3.60. The molecule has 22 heavy (non-hydrogen) atoms. The Bertz CT molecular complexity index is 437. The molecule has 0 unspecified atom stereocenters. The maximum atomic E-state index is 12.0. The summed E-state index contributed by atoms with van der Waals surface area (Å²) in [6.07, 6.45) is 2.37. The number of ketones is 1. The molecule has 0 radical (unpaired) electrons. The van der Waals surface area contributed by atoms with Crippen LogP contribution in [0.5, 0.6) is 5.75 Å². The van der Waals surface area contributed by atoms with Crippen LogP contribution >= 0.6 is 0 Å². The predicted octanol–water partition coefficient (Wildman–Crippen LogP) is 4.00. The van der Waals surface area contributed by atoms with E-state index in [9.17, 15) is 4.79 Å². The van der Waals surface area contributed by atoms with Crippen molar-refractivity contribution in [2.24, 2.45) is 5.92 Å². The second-order valence-electron chi connectivity index (χ2n) is 6.57. The Hall–Kier alpha value is -1.35. The smallest absolute Gasteiger partial charge is 0.149 e. The Morgan fingerprint density at radius 1 is 1.14 bits per heavy atom. The number of carbonyl (C=O) groups is 1. The van der Waals surface area contributed by atoms with Crippen molar-refractivity contribution in [2.75, 3.05) is 6.61 Å². The Labute approximate surface area is 135 Å². The van der Waals surface area contributed by atoms with Crippen molar-refractivity contribution in [3.8, 4) is 5.75 Å². The molecule has 0 aliphatic heterocycles. The van der Waals surface area contributed by atoms with Crippen LogP contribution in [-0.4, -0.2) is 24.5 Å². The average molecular weight is 305 g/mol. The predicted molar refractivity (Wildman–Crippen MR) is 92.5 cm³/mol. The number of carbonyl (C=O) groups excluding carboxylic acids is 1. The first kappa shape index (κ1) is 18.7. The molecule has 0 heterocycles. The molecule has 1 rings (SSSR count). The van der Waals surface area contributed by atoms with E-state index >= 15 is 0 Å². The third kappa shape index (κ3) is 7.08. The summed E-state index contributed by atoms with van der Waals surface area (Å²) in [5.74, 6) is 1.83. The molecule has 0 bridgehead atoms. The van der Waals surface area contributed by atoms with Crippen LogP contribution in [-0.2, 0) is 11.2 Å². The Morgan fingerprint density at radius 3 is 2.27 bits per heavy atom. The molecule has 0 fully saturated rings. The minimum Gasteiger partial charge on any atom is -0.494 e. The fourth-order valence-electron chi connectivity index (χ4n) is 2.28. The van der Waals surface area contributed by atoms with Crippen LogP contribution in [0.25, 0.3) is 0 Å². The van der Waals surface area contributed by atoms with Crippen LogP contribution in [0.2, 0.25) is 0 Å². The van der Waals surface area contributed by atoms with Crippen LogP contribution in [0.3, 0.4) is 0 Å². The highest BCUT2D eigenvalue weighted by Gasteiger charge is 2.17. The van der Waals surface area contributed by atoms with Gasteiger partial charge in [0, 0.05) is 12.5 Å². The Morgan fingerprint density at radius 2 is 1.77 bits per heavy atom. The van der Waals surface area contributed by atoms with Crippen LogP contribution in [0, 0.1) is 5.92 Å². The van der Waals surface area contributed by atoms with Crippen molar-refractivity contribution >= 4 is 5.78 Å². The molecule has 0 saturated heterocycles. The number of nitrogens with one attached hydrogen (secondary N) is 1. The molecule has 3 heteroatoms. The van der Waals surface area contributed by atoms with Crippen LogP contribution in [0.4, 0.5) is 0 Å². The number of Topliss-reactive ketones (excluding diaryl/α,β-unsaturated/α-hetero) is 1. The van der Waals surface area contributed by atoms with Gasteiger partial charge >= 0.3 is 0 Å². The molecule has 0 aromatic heterocycles. The molecule has 1 N–H and O–H groups in total. The van der Waals surface area contributed by atoms with Gasteiger partial charge in [-0.3, -0.25) is 4.79 Å². The average Bonchev–Trinajstić information content (AvgIpc) is 2.46. The SMILES string of the molecule is CCC(=O)[C@H](Cc1ccc(OCCC(C)C)cc1)NC(C)C. The van der Waals surface area contributed by atoms with Gasteiger partial charge in [-0.25, -0.2) is 0 Å². The van der Waals surface area contributed by atoms with Gasteiger partial charge in [-0.15, -0.1) is 0 Å². The first-order chi connectivity index (χ1) is 10.4. The molecule has 124 valence electrons. The van der Waals surface area contributed by atoms with Crippen molar-refractivity contribution in [3.63, 3.8) is 0 Å². The molecule has 1 aromatic carbocycles. The number of hydrogen-bond donors (Lipinski definition) is 1. The van der Waals surface area contributed by atoms with E-state index < -0.39 is 0 Å². The number of benzene rings is 1. The number of ether oxygens (including phenoxy) is 1. The van der Waals surface area contributed by atoms with E-state index in [-0.39, 0.29) is 11.8 Å². The summed E-state index contributed by atoms with van der Waals surface area (Å²) in [6.45, 7) is 11.2. The maximum Gasteiger partial charge on any atom is 0.149 e. The summed E-state index contributed by atoms with van der Waals surface area (Å²) in [6, 6.07) is 8.32. The molecule has 1 aromatic rings. The second kappa shape index (κ2) is 9.62. The van der Waals surface area contributed by atoms with Crippen molar-refractivity contribution in [1.82, 2.24) is 5.32 Å². The number of hydrogen-bond acceptors (Lipinski definition) is 3. The van der Waals surface area contributed by atoms with Crippen LogP contribution < -0.4 is 10.1 Å². The third-order valence-electron chi connectivity index (χ3n) is 3.60. The highest BCUT2D eigenvalue weighted by molar-refractivity contribution is 5.84. The van der Waals surface area contributed by atoms with Gasteiger partial charge < -0.3 is 10.1 Å². The minimum absolute atomic E-state index is 0.0993. The molecule has 0 amide bonds. The molecular weight excluding hydrogens is 274 g/mol. The summed E-state index contributed by atoms with van der Waals surface area (Å²) in [7, 11) is 0. The molecule has 0 aliphatic carbocycles. The van der Waals surface area contributed by atoms with Gasteiger partial charge in [0.05, 0.1) is 12.6 Å². The fraction of sp³-hybridized carbons (Fsp3) is 0.632. The molecular formula is C19H31NO2. The van der Waals surface area contributed by atoms with Gasteiger partial charge in [0.2, 0.25) is 0 Å². The molecule has 0 aliphatic rings. The normalized spacial score (nSPS) is 12.7. The van der Waals surface area contributed by atoms with Crippen molar-refractivity contribution in [1.29, 1.82) is 0 Å². The van der Waals surface area contributed by atoms with E-state index in [1.807, 2.05) is 19.1 Å². The second-order valence-corrected chi connectivity index (χ2v) is 6.57. The van der Waals surface area contributed by atoms with Gasteiger partial charge in [-0.2, -0.15) is 0 Å². The first-order valence-electron chi connectivity index (χ1n) is 8.42. The van der Waals surface area contributed by atoms with Crippen LogP contribution in [0.1, 0.15) is 53.0 Å². The summed E-state index contributed by atoms with van der Waals surface area (Å²) >= 11 is 0. The van der Waals surface area contributed by atoms with Crippen molar-refractivity contribution in [3.05, 3.63) is 29.8 Å². The van der Waals surface area contributed by atoms with E-state index in [1.54, 1.807) is 0 Å². The summed E-state index contributed by atoms with van der Waals surface area (Å²) < 4.78 is 5.73. The molecule has 0 spiro atoms. The Kier molecular flexibility index (Phi) is 8.18. The summed E-state index contributed by atoms with van der Waals surface area (Å²) in [5, 5.41) is 3.36. The van der Waals surface area contributed by atoms with E-state index in [2.05, 4.69) is 45.1 Å². The van der Waals surface area contributed by atoms with Gasteiger partial charge in [-0.1, -0.05) is 46.8 Å². The summed E-state index contributed by atoms with van der Waals surface area (Å²) in [4.78, 5) is 12.0. The Balaban J connectivity index is 2.58. The molecule has 0 saturated carbocycles. The zero-order chi connectivity index (χ0) is 16.5. The van der Waals surface area contributed by atoms with E-state index in [0.717, 1.165) is 30.8 Å². The number of rotatable bonds is 10. The van der Waals surface area contributed by atoms with Gasteiger partial charge in [-0.05, 0) is 36.5 Å². The van der Waals surface area contributed by atoms with Gasteiger partial charge in [0.1, 0.15) is 11.5 Å². The highest BCUT2D eigenvalue weighted by atomic mass is 16.5. The van der Waals surface area contributed by atoms with Crippen molar-refractivity contribution < 1.29 is 9.53 Å². The van der Waals surface area contributed by atoms with Crippen LogP contribution in [0.15, 0.2) is 24.3 Å². The van der Waals surface area contributed by atoms with E-state index in [0.29, 0.717) is 18.4 Å². The quantitative estimate of drug-likeness (QED) is 0.710. The van der Waals surface area contributed by atoms with E-state index in [1.165, 1.54) is 0 Å². The molecule has 1 atom stereocenters. The van der Waals surface area contributed by atoms with Gasteiger partial charge in [0.15, 0.2) is 0 Å². The summed E-state index contributed by atoms with van der Waals surface area (Å²) in [5.41, 5.74) is 1.16.